The van der Waals surface area contributed by atoms with Gasteiger partial charge in [-0.25, -0.2) is 0 Å². The first-order valence-corrected chi connectivity index (χ1v) is 10.1. The molecule has 0 aromatic heterocycles. The molecule has 190 valence electrons. The highest BCUT2D eigenvalue weighted by Crippen LogP contribution is 2.40. The second kappa shape index (κ2) is 11.0. The number of halogens is 6. The van der Waals surface area contributed by atoms with E-state index in [1.54, 1.807) is 6.92 Å². The molecule has 0 spiro atoms. The number of alkyl halides is 6. The third-order valence-electron chi connectivity index (χ3n) is 5.10. The van der Waals surface area contributed by atoms with Crippen LogP contribution >= 0.6 is 0 Å². The summed E-state index contributed by atoms with van der Waals surface area (Å²) in [5.74, 6) is -1.58. The molecule has 0 aromatic rings. The van der Waals surface area contributed by atoms with Crippen molar-refractivity contribution in [2.75, 3.05) is 19.7 Å². The molecule has 0 aliphatic rings. The number of esters is 2. The van der Waals surface area contributed by atoms with Crippen molar-refractivity contribution in [3.8, 4) is 0 Å². The predicted molar refractivity (Wildman–Crippen MR) is 104 cm³/mol. The van der Waals surface area contributed by atoms with E-state index < -0.39 is 59.8 Å². The van der Waals surface area contributed by atoms with Gasteiger partial charge in [-0.2, -0.15) is 26.3 Å². The van der Waals surface area contributed by atoms with Crippen molar-refractivity contribution < 1.29 is 50.5 Å². The molecule has 0 bridgehead atoms. The molecular weight excluding hydrogens is 448 g/mol. The summed E-state index contributed by atoms with van der Waals surface area (Å²) in [6, 6.07) is 0. The Morgan fingerprint density at radius 3 is 1.97 bits per heavy atom. The Kier molecular flexibility index (Phi) is 10.5. The maximum atomic E-state index is 12.8. The smallest absolute Gasteiger partial charge is 0.417 e. The lowest BCUT2D eigenvalue weighted by atomic mass is 9.72. The van der Waals surface area contributed by atoms with Crippen molar-refractivity contribution >= 4 is 11.9 Å². The average Bonchev–Trinajstić information content (AvgIpc) is 2.58. The summed E-state index contributed by atoms with van der Waals surface area (Å²) >= 11 is 0. The average molecular weight is 481 g/mol. The van der Waals surface area contributed by atoms with Crippen molar-refractivity contribution in [1.82, 2.24) is 5.32 Å². The molecule has 2 N–H and O–H groups in total. The van der Waals surface area contributed by atoms with Crippen molar-refractivity contribution in [2.24, 2.45) is 10.8 Å². The van der Waals surface area contributed by atoms with Gasteiger partial charge in [0.25, 0.3) is 0 Å². The van der Waals surface area contributed by atoms with Crippen LogP contribution in [0.1, 0.15) is 60.8 Å². The zero-order valence-electron chi connectivity index (χ0n) is 19.2. The lowest BCUT2D eigenvalue weighted by Crippen LogP contribution is -2.46. The Labute approximate surface area is 184 Å². The lowest BCUT2D eigenvalue weighted by Gasteiger charge is -2.35. The van der Waals surface area contributed by atoms with Gasteiger partial charge in [0.05, 0.1) is 17.4 Å². The molecule has 0 heterocycles. The first kappa shape index (κ1) is 30.4. The molecule has 0 rings (SSSR count). The lowest BCUT2D eigenvalue weighted by molar-refractivity contribution is -0.261. The van der Waals surface area contributed by atoms with Crippen molar-refractivity contribution in [3.63, 3.8) is 0 Å². The molecule has 0 aromatic carbocycles. The van der Waals surface area contributed by atoms with Crippen LogP contribution in [0.25, 0.3) is 0 Å². The van der Waals surface area contributed by atoms with Gasteiger partial charge in [-0.3, -0.25) is 9.59 Å². The largest absolute Gasteiger partial charge is 0.464 e. The second-order valence-electron chi connectivity index (χ2n) is 9.09. The monoisotopic (exact) mass is 481 g/mol. The number of carbonyl (C=O) groups excluding carboxylic acids is 2. The molecule has 3 unspecified atom stereocenters. The predicted octanol–water partition coefficient (Wildman–Crippen LogP) is 4.15. The van der Waals surface area contributed by atoms with E-state index in [1.807, 2.05) is 0 Å². The van der Waals surface area contributed by atoms with Crippen LogP contribution in [0.4, 0.5) is 26.3 Å². The first-order chi connectivity index (χ1) is 14.2. The van der Waals surface area contributed by atoms with E-state index in [1.165, 1.54) is 27.7 Å². The van der Waals surface area contributed by atoms with Gasteiger partial charge < -0.3 is 19.9 Å². The zero-order chi connectivity index (χ0) is 25.6. The molecule has 0 saturated carbocycles. The van der Waals surface area contributed by atoms with Gasteiger partial charge in [-0.15, -0.1) is 0 Å². The van der Waals surface area contributed by atoms with E-state index in [4.69, 9.17) is 9.47 Å². The summed E-state index contributed by atoms with van der Waals surface area (Å²) in [5.41, 5.74) is -5.53. The molecule has 0 aliphatic carbocycles. The second-order valence-corrected chi connectivity index (χ2v) is 9.09. The highest BCUT2D eigenvalue weighted by atomic mass is 19.4. The van der Waals surface area contributed by atoms with E-state index in [2.05, 4.69) is 5.32 Å². The van der Waals surface area contributed by atoms with Crippen LogP contribution in [-0.4, -0.2) is 60.8 Å². The molecule has 32 heavy (non-hydrogen) atoms. The van der Waals surface area contributed by atoms with Crippen LogP contribution in [-0.2, 0) is 19.1 Å². The van der Waals surface area contributed by atoms with Gasteiger partial charge in [0.15, 0.2) is 5.60 Å². The van der Waals surface area contributed by atoms with Crippen LogP contribution < -0.4 is 5.32 Å². The molecule has 0 radical (unpaired) electrons. The summed E-state index contributed by atoms with van der Waals surface area (Å²) in [6.45, 7) is 6.15. The summed E-state index contributed by atoms with van der Waals surface area (Å²) in [7, 11) is 0. The number of hydrogen-bond acceptors (Lipinski definition) is 6. The van der Waals surface area contributed by atoms with Crippen molar-refractivity contribution in [2.45, 2.75) is 84.9 Å². The summed E-state index contributed by atoms with van der Waals surface area (Å²) in [6.07, 6.45) is -11.3. The molecule has 6 nitrogen and oxygen atoms in total. The maximum absolute atomic E-state index is 12.8. The Morgan fingerprint density at radius 1 is 1.00 bits per heavy atom. The van der Waals surface area contributed by atoms with Crippen LogP contribution in [0, 0.1) is 10.8 Å². The topological polar surface area (TPSA) is 84.9 Å². The SMILES string of the molecule is CCC(C)(CC(C)(C)C(=O)OCCNCC(F)(F)F)C(=O)OC(C)CC(C)(O)C(F)(F)F. The summed E-state index contributed by atoms with van der Waals surface area (Å²) in [5, 5.41) is 11.7. The number of hydrogen-bond donors (Lipinski definition) is 2. The maximum Gasteiger partial charge on any atom is 0.417 e. The number of ether oxygens (including phenoxy) is 2. The molecule has 0 amide bonds. The first-order valence-electron chi connectivity index (χ1n) is 10.1. The minimum Gasteiger partial charge on any atom is -0.464 e. The Hall–Kier alpha value is -1.56. The van der Waals surface area contributed by atoms with Crippen LogP contribution in [0.15, 0.2) is 0 Å². The molecule has 0 aliphatic heterocycles. The number of aliphatic hydroxyl groups is 1. The normalized spacial score (nSPS) is 17.8. The standard InChI is InChI=1S/C20H33F6NO5/c1-7-17(5,15(29)32-13(2)10-18(6,30)20(24,25)26)11-16(3,4)14(28)31-9-8-27-12-19(21,22)23/h13,27,30H,7-12H2,1-6H3. The van der Waals surface area contributed by atoms with E-state index in [0.29, 0.717) is 6.92 Å². The third-order valence-corrected chi connectivity index (χ3v) is 5.10. The Morgan fingerprint density at radius 2 is 1.53 bits per heavy atom. The third kappa shape index (κ3) is 9.93. The van der Waals surface area contributed by atoms with E-state index in [-0.39, 0.29) is 26.0 Å². The molecular formula is C20H33F6NO5. The van der Waals surface area contributed by atoms with E-state index in [9.17, 15) is 41.0 Å². The molecule has 3 atom stereocenters. The van der Waals surface area contributed by atoms with Gasteiger partial charge in [-0.1, -0.05) is 6.92 Å². The zero-order valence-corrected chi connectivity index (χ0v) is 19.2. The summed E-state index contributed by atoms with van der Waals surface area (Å²) < 4.78 is 84.9. The van der Waals surface area contributed by atoms with Crippen LogP contribution in [0.2, 0.25) is 0 Å². The minimum absolute atomic E-state index is 0.0769. The molecule has 0 saturated heterocycles. The van der Waals surface area contributed by atoms with Gasteiger partial charge in [0.1, 0.15) is 12.7 Å². The number of nitrogens with one attached hydrogen (secondary N) is 1. The number of rotatable bonds is 12. The van der Waals surface area contributed by atoms with Crippen molar-refractivity contribution in [3.05, 3.63) is 0 Å². The highest BCUT2D eigenvalue weighted by Gasteiger charge is 2.51. The fraction of sp³-hybridized carbons (Fsp3) is 0.900. The summed E-state index contributed by atoms with van der Waals surface area (Å²) in [4.78, 5) is 25.1. The van der Waals surface area contributed by atoms with E-state index >= 15 is 0 Å². The van der Waals surface area contributed by atoms with Gasteiger partial charge in [-0.05, 0) is 47.5 Å². The minimum atomic E-state index is -4.90. The molecule has 12 heteroatoms. The van der Waals surface area contributed by atoms with Crippen molar-refractivity contribution in [1.29, 1.82) is 0 Å². The Bertz CT molecular complexity index is 633. The van der Waals surface area contributed by atoms with Crippen LogP contribution in [0.3, 0.4) is 0 Å². The van der Waals surface area contributed by atoms with Gasteiger partial charge in [0, 0.05) is 13.0 Å². The Balaban J connectivity index is 4.96. The fourth-order valence-corrected chi connectivity index (χ4v) is 3.07. The highest BCUT2D eigenvalue weighted by molar-refractivity contribution is 5.80. The van der Waals surface area contributed by atoms with E-state index in [0.717, 1.165) is 0 Å². The van der Waals surface area contributed by atoms with Gasteiger partial charge >= 0.3 is 24.3 Å². The van der Waals surface area contributed by atoms with Crippen LogP contribution in [0.5, 0.6) is 0 Å². The van der Waals surface area contributed by atoms with Gasteiger partial charge in [0.2, 0.25) is 0 Å². The fourth-order valence-electron chi connectivity index (χ4n) is 3.07. The molecule has 0 fully saturated rings. The quantitative estimate of drug-likeness (QED) is 0.248. The number of carbonyl (C=O) groups is 2.